The van der Waals surface area contributed by atoms with Crippen LogP contribution in [-0.2, 0) is 4.79 Å². The van der Waals surface area contributed by atoms with Crippen molar-refractivity contribution >= 4 is 5.91 Å². The van der Waals surface area contributed by atoms with Crippen molar-refractivity contribution in [2.24, 2.45) is 5.92 Å². The van der Waals surface area contributed by atoms with Gasteiger partial charge in [-0.1, -0.05) is 51.1 Å². The summed E-state index contributed by atoms with van der Waals surface area (Å²) in [6.45, 7) is 8.01. The first-order valence-electron chi connectivity index (χ1n) is 7.68. The summed E-state index contributed by atoms with van der Waals surface area (Å²) in [4.78, 5) is 11.6. The predicted molar refractivity (Wildman–Crippen MR) is 84.6 cm³/mol. The highest BCUT2D eigenvalue weighted by atomic mass is 16.1. The van der Waals surface area contributed by atoms with Crippen molar-refractivity contribution < 1.29 is 4.79 Å². The van der Waals surface area contributed by atoms with Gasteiger partial charge in [0.15, 0.2) is 0 Å². The molecule has 0 heterocycles. The number of rotatable bonds is 9. The van der Waals surface area contributed by atoms with Crippen molar-refractivity contribution in [2.45, 2.75) is 46.1 Å². The molecule has 1 aromatic rings. The Morgan fingerprint density at radius 1 is 1.15 bits per heavy atom. The van der Waals surface area contributed by atoms with Crippen molar-refractivity contribution in [3.05, 3.63) is 35.9 Å². The van der Waals surface area contributed by atoms with Crippen LogP contribution >= 0.6 is 0 Å². The van der Waals surface area contributed by atoms with Crippen LogP contribution in [0.25, 0.3) is 0 Å². The zero-order valence-corrected chi connectivity index (χ0v) is 13.0. The fourth-order valence-corrected chi connectivity index (χ4v) is 2.21. The monoisotopic (exact) mass is 276 g/mol. The van der Waals surface area contributed by atoms with E-state index in [4.69, 9.17) is 0 Å². The zero-order valence-electron chi connectivity index (χ0n) is 13.0. The molecule has 0 radical (unpaired) electrons. The van der Waals surface area contributed by atoms with Gasteiger partial charge in [-0.15, -0.1) is 0 Å². The molecule has 1 atom stereocenters. The van der Waals surface area contributed by atoms with Gasteiger partial charge in [-0.05, 0) is 24.3 Å². The van der Waals surface area contributed by atoms with Gasteiger partial charge in [0, 0.05) is 25.6 Å². The highest BCUT2D eigenvalue weighted by molar-refractivity contribution is 5.75. The van der Waals surface area contributed by atoms with Crippen LogP contribution in [0, 0.1) is 5.92 Å². The van der Waals surface area contributed by atoms with Gasteiger partial charge in [-0.2, -0.15) is 0 Å². The molecular formula is C17H28N2O. The number of carbonyl (C=O) groups excluding carboxylic acids is 1. The van der Waals surface area contributed by atoms with Crippen molar-refractivity contribution in [1.29, 1.82) is 0 Å². The van der Waals surface area contributed by atoms with Gasteiger partial charge in [0.2, 0.25) is 5.91 Å². The number of hydrogen-bond acceptors (Lipinski definition) is 2. The Morgan fingerprint density at radius 3 is 2.45 bits per heavy atom. The minimum atomic E-state index is 0.135. The van der Waals surface area contributed by atoms with Crippen LogP contribution in [0.15, 0.2) is 30.3 Å². The molecule has 0 aromatic heterocycles. The maximum atomic E-state index is 11.6. The van der Waals surface area contributed by atoms with E-state index in [9.17, 15) is 4.79 Å². The molecule has 3 heteroatoms. The topological polar surface area (TPSA) is 41.1 Å². The fourth-order valence-electron chi connectivity index (χ4n) is 2.21. The highest BCUT2D eigenvalue weighted by Crippen LogP contribution is 2.20. The molecule has 0 saturated heterocycles. The molecule has 0 saturated carbocycles. The summed E-state index contributed by atoms with van der Waals surface area (Å²) < 4.78 is 0. The third-order valence-electron chi connectivity index (χ3n) is 3.22. The smallest absolute Gasteiger partial charge is 0.221 e. The lowest BCUT2D eigenvalue weighted by Crippen LogP contribution is -2.30. The van der Waals surface area contributed by atoms with Gasteiger partial charge in [-0.3, -0.25) is 4.79 Å². The molecule has 20 heavy (non-hydrogen) atoms. The second-order valence-electron chi connectivity index (χ2n) is 5.65. The Labute approximate surface area is 123 Å². The standard InChI is InChI=1S/C17H28N2O/c1-4-11-19-17(20)10-12-18-16(13-14(2)3)15-8-6-5-7-9-15/h5-9,14,16,18H,4,10-13H2,1-3H3,(H,19,20). The molecule has 1 unspecified atom stereocenters. The molecule has 2 N–H and O–H groups in total. The average molecular weight is 276 g/mol. The predicted octanol–water partition coefficient (Wildman–Crippen LogP) is 3.28. The normalized spacial score (nSPS) is 12.4. The maximum Gasteiger partial charge on any atom is 0.221 e. The van der Waals surface area contributed by atoms with Crippen molar-refractivity contribution in [1.82, 2.24) is 10.6 Å². The van der Waals surface area contributed by atoms with Gasteiger partial charge < -0.3 is 10.6 Å². The average Bonchev–Trinajstić information content (AvgIpc) is 2.44. The van der Waals surface area contributed by atoms with Crippen molar-refractivity contribution in [2.75, 3.05) is 13.1 Å². The third kappa shape index (κ3) is 6.71. The first kappa shape index (κ1) is 16.7. The molecule has 1 rings (SSSR count). The van der Waals surface area contributed by atoms with Crippen LogP contribution in [0.1, 0.15) is 51.6 Å². The molecule has 1 amide bonds. The van der Waals surface area contributed by atoms with E-state index in [1.807, 2.05) is 6.07 Å². The summed E-state index contributed by atoms with van der Waals surface area (Å²) in [6, 6.07) is 10.8. The lowest BCUT2D eigenvalue weighted by Gasteiger charge is -2.21. The van der Waals surface area contributed by atoms with E-state index in [1.54, 1.807) is 0 Å². The van der Waals surface area contributed by atoms with Gasteiger partial charge >= 0.3 is 0 Å². The van der Waals surface area contributed by atoms with Crippen LogP contribution in [0.4, 0.5) is 0 Å². The molecule has 0 aliphatic carbocycles. The summed E-state index contributed by atoms with van der Waals surface area (Å²) in [5.41, 5.74) is 1.30. The Kier molecular flexibility index (Phi) is 7.97. The minimum Gasteiger partial charge on any atom is -0.356 e. The van der Waals surface area contributed by atoms with Gasteiger partial charge in [-0.25, -0.2) is 0 Å². The molecule has 0 aliphatic rings. The minimum absolute atomic E-state index is 0.135. The van der Waals surface area contributed by atoms with Crippen molar-refractivity contribution in [3.63, 3.8) is 0 Å². The largest absolute Gasteiger partial charge is 0.356 e. The van der Waals surface area contributed by atoms with Crippen LogP contribution < -0.4 is 10.6 Å². The van der Waals surface area contributed by atoms with E-state index >= 15 is 0 Å². The molecule has 0 fully saturated rings. The summed E-state index contributed by atoms with van der Waals surface area (Å²) >= 11 is 0. The highest BCUT2D eigenvalue weighted by Gasteiger charge is 2.12. The number of amides is 1. The molecular weight excluding hydrogens is 248 g/mol. The van der Waals surface area contributed by atoms with Crippen LogP contribution in [-0.4, -0.2) is 19.0 Å². The summed E-state index contributed by atoms with van der Waals surface area (Å²) in [5, 5.41) is 6.42. The van der Waals surface area contributed by atoms with E-state index < -0.39 is 0 Å². The van der Waals surface area contributed by atoms with Gasteiger partial charge in [0.1, 0.15) is 0 Å². The number of carbonyl (C=O) groups is 1. The third-order valence-corrected chi connectivity index (χ3v) is 3.22. The Balaban J connectivity index is 2.44. The van der Waals surface area contributed by atoms with Crippen LogP contribution in [0.2, 0.25) is 0 Å². The van der Waals surface area contributed by atoms with E-state index in [2.05, 4.69) is 55.7 Å². The molecule has 3 nitrogen and oxygen atoms in total. The fraction of sp³-hybridized carbons (Fsp3) is 0.588. The molecule has 1 aromatic carbocycles. The van der Waals surface area contributed by atoms with Crippen LogP contribution in [0.3, 0.4) is 0 Å². The quantitative estimate of drug-likeness (QED) is 0.726. The maximum absolute atomic E-state index is 11.6. The second kappa shape index (κ2) is 9.54. The lowest BCUT2D eigenvalue weighted by molar-refractivity contribution is -0.121. The number of benzene rings is 1. The Hall–Kier alpha value is -1.35. The lowest BCUT2D eigenvalue weighted by atomic mass is 9.97. The van der Waals surface area contributed by atoms with E-state index in [0.717, 1.165) is 25.9 Å². The summed E-state index contributed by atoms with van der Waals surface area (Å²) in [6.07, 6.45) is 2.61. The molecule has 0 aliphatic heterocycles. The number of nitrogens with one attached hydrogen (secondary N) is 2. The second-order valence-corrected chi connectivity index (χ2v) is 5.65. The first-order chi connectivity index (χ1) is 9.63. The Bertz CT molecular complexity index is 376. The summed E-state index contributed by atoms with van der Waals surface area (Å²) in [7, 11) is 0. The summed E-state index contributed by atoms with van der Waals surface area (Å²) in [5.74, 6) is 0.761. The zero-order chi connectivity index (χ0) is 14.8. The molecule has 0 bridgehead atoms. The van der Waals surface area contributed by atoms with E-state index in [1.165, 1.54) is 5.56 Å². The van der Waals surface area contributed by atoms with E-state index in [0.29, 0.717) is 18.4 Å². The van der Waals surface area contributed by atoms with Crippen molar-refractivity contribution in [3.8, 4) is 0 Å². The molecule has 112 valence electrons. The number of hydrogen-bond donors (Lipinski definition) is 2. The Morgan fingerprint density at radius 2 is 1.85 bits per heavy atom. The van der Waals surface area contributed by atoms with E-state index in [-0.39, 0.29) is 5.91 Å². The van der Waals surface area contributed by atoms with Gasteiger partial charge in [0.25, 0.3) is 0 Å². The van der Waals surface area contributed by atoms with Crippen LogP contribution in [0.5, 0.6) is 0 Å². The molecule has 0 spiro atoms. The van der Waals surface area contributed by atoms with Gasteiger partial charge in [0.05, 0.1) is 0 Å². The SMILES string of the molecule is CCCNC(=O)CCNC(CC(C)C)c1ccccc1. The first-order valence-corrected chi connectivity index (χ1v) is 7.68.